The number of benzene rings is 3. The number of thioether (sulfide) groups is 1. The van der Waals surface area contributed by atoms with Crippen molar-refractivity contribution in [1.29, 1.82) is 0 Å². The van der Waals surface area contributed by atoms with Gasteiger partial charge in [0.2, 0.25) is 0 Å². The predicted molar refractivity (Wildman–Crippen MR) is 152 cm³/mol. The van der Waals surface area contributed by atoms with Crippen LogP contribution in [0.2, 0.25) is 0 Å². The molecule has 0 aliphatic carbocycles. The smallest absolute Gasteiger partial charge is 0.321 e. The van der Waals surface area contributed by atoms with Crippen molar-refractivity contribution < 1.29 is 19.4 Å². The van der Waals surface area contributed by atoms with Crippen LogP contribution >= 0.6 is 11.8 Å². The number of ether oxygens (including phenoxy) is 1. The molecule has 2 N–H and O–H groups in total. The van der Waals surface area contributed by atoms with E-state index in [1.54, 1.807) is 11.8 Å². The standard InChI is InChI=1S/C31H36N2O4S/c1-30(2,3)37-27(34)20-25(28-33(4)26(21-38-28)29(35)36)32-31(22-14-8-5-9-15-22,23-16-10-6-11-17-23)24-18-12-7-13-19-24/h5-19,25-26,28,32H,20-21H2,1-4H3,(H,35,36)/t25-,26-,28-/m0/s1. The second kappa shape index (κ2) is 11.7. The topological polar surface area (TPSA) is 78.9 Å². The third-order valence-electron chi connectivity index (χ3n) is 6.78. The lowest BCUT2D eigenvalue weighted by atomic mass is 9.76. The summed E-state index contributed by atoms with van der Waals surface area (Å²) in [7, 11) is 1.82. The highest BCUT2D eigenvalue weighted by Gasteiger charge is 2.46. The van der Waals surface area contributed by atoms with Gasteiger partial charge in [-0.15, -0.1) is 11.8 Å². The Hall–Kier alpha value is -3.13. The maximum absolute atomic E-state index is 13.2. The van der Waals surface area contributed by atoms with Crippen molar-refractivity contribution in [1.82, 2.24) is 10.2 Å². The molecule has 200 valence electrons. The summed E-state index contributed by atoms with van der Waals surface area (Å²) in [4.78, 5) is 27.1. The molecule has 7 heteroatoms. The predicted octanol–water partition coefficient (Wildman–Crippen LogP) is 5.13. The molecule has 0 unspecified atom stereocenters. The molecule has 1 fully saturated rings. The number of hydrogen-bond donors (Lipinski definition) is 2. The number of nitrogens with zero attached hydrogens (tertiary/aromatic N) is 1. The van der Waals surface area contributed by atoms with Crippen LogP contribution in [0.4, 0.5) is 0 Å². The molecule has 0 bridgehead atoms. The van der Waals surface area contributed by atoms with Crippen LogP contribution in [0.3, 0.4) is 0 Å². The molecule has 0 amide bonds. The molecule has 1 saturated heterocycles. The van der Waals surface area contributed by atoms with Crippen LogP contribution < -0.4 is 5.32 Å². The highest BCUT2D eigenvalue weighted by molar-refractivity contribution is 8.00. The number of rotatable bonds is 9. The minimum atomic E-state index is -0.862. The molecule has 1 heterocycles. The van der Waals surface area contributed by atoms with Gasteiger partial charge in [-0.1, -0.05) is 91.0 Å². The highest BCUT2D eigenvalue weighted by atomic mass is 32.2. The zero-order chi connectivity index (χ0) is 27.3. The van der Waals surface area contributed by atoms with Gasteiger partial charge in [-0.25, -0.2) is 0 Å². The summed E-state index contributed by atoms with van der Waals surface area (Å²) in [5.41, 5.74) is 1.63. The summed E-state index contributed by atoms with van der Waals surface area (Å²) in [5.74, 6) is -0.748. The van der Waals surface area contributed by atoms with Gasteiger partial charge in [0.15, 0.2) is 0 Å². The van der Waals surface area contributed by atoms with E-state index in [-0.39, 0.29) is 17.8 Å². The second-order valence-electron chi connectivity index (χ2n) is 10.6. The first-order valence-electron chi connectivity index (χ1n) is 12.8. The molecule has 38 heavy (non-hydrogen) atoms. The minimum Gasteiger partial charge on any atom is -0.480 e. The number of carboxylic acids is 1. The summed E-state index contributed by atoms with van der Waals surface area (Å²) >= 11 is 1.56. The Morgan fingerprint density at radius 2 is 1.37 bits per heavy atom. The van der Waals surface area contributed by atoms with E-state index >= 15 is 0 Å². The van der Waals surface area contributed by atoms with E-state index in [4.69, 9.17) is 4.74 Å². The average Bonchev–Trinajstić information content (AvgIpc) is 3.28. The van der Waals surface area contributed by atoms with Gasteiger partial charge in [-0.05, 0) is 44.5 Å². The third kappa shape index (κ3) is 6.12. The van der Waals surface area contributed by atoms with Gasteiger partial charge in [-0.3, -0.25) is 19.8 Å². The van der Waals surface area contributed by atoms with Gasteiger partial charge < -0.3 is 9.84 Å². The summed E-state index contributed by atoms with van der Waals surface area (Å²) in [6.07, 6.45) is 0.0832. The Morgan fingerprint density at radius 1 is 0.921 bits per heavy atom. The average molecular weight is 533 g/mol. The number of esters is 1. The normalized spacial score (nSPS) is 19.2. The first-order chi connectivity index (χ1) is 18.1. The van der Waals surface area contributed by atoms with Gasteiger partial charge in [-0.2, -0.15) is 0 Å². The van der Waals surface area contributed by atoms with Crippen molar-refractivity contribution in [2.24, 2.45) is 0 Å². The monoisotopic (exact) mass is 532 g/mol. The molecule has 6 nitrogen and oxygen atoms in total. The first kappa shape index (κ1) is 27.9. The fourth-order valence-corrected chi connectivity index (χ4v) is 6.66. The second-order valence-corrected chi connectivity index (χ2v) is 11.8. The molecule has 1 aliphatic heterocycles. The summed E-state index contributed by atoms with van der Waals surface area (Å²) in [6.45, 7) is 5.56. The number of carbonyl (C=O) groups excluding carboxylic acids is 1. The number of nitrogens with one attached hydrogen (secondary N) is 1. The highest BCUT2D eigenvalue weighted by Crippen LogP contribution is 2.40. The maximum atomic E-state index is 13.2. The number of likely N-dealkylation sites (N-methyl/N-ethyl adjacent to an activating group) is 1. The molecule has 3 aromatic rings. The van der Waals surface area contributed by atoms with E-state index < -0.39 is 29.2 Å². The van der Waals surface area contributed by atoms with Crippen molar-refractivity contribution in [3.8, 4) is 0 Å². The van der Waals surface area contributed by atoms with Crippen LogP contribution in [0.1, 0.15) is 43.9 Å². The van der Waals surface area contributed by atoms with Gasteiger partial charge in [0, 0.05) is 11.8 Å². The first-order valence-corrected chi connectivity index (χ1v) is 13.9. The minimum absolute atomic E-state index is 0.0832. The zero-order valence-corrected chi connectivity index (χ0v) is 23.2. The van der Waals surface area contributed by atoms with E-state index in [1.165, 1.54) is 0 Å². The van der Waals surface area contributed by atoms with E-state index in [2.05, 4.69) is 41.7 Å². The Kier molecular flexibility index (Phi) is 8.61. The lowest BCUT2D eigenvalue weighted by Gasteiger charge is -2.42. The van der Waals surface area contributed by atoms with Crippen molar-refractivity contribution in [2.45, 2.75) is 55.8 Å². The molecule has 1 aliphatic rings. The molecule has 0 radical (unpaired) electrons. The molecule has 0 spiro atoms. The third-order valence-corrected chi connectivity index (χ3v) is 8.29. The Bertz CT molecular complexity index is 1120. The van der Waals surface area contributed by atoms with Gasteiger partial charge in [0.25, 0.3) is 0 Å². The molecule has 3 aromatic carbocycles. The maximum Gasteiger partial charge on any atom is 0.321 e. The van der Waals surface area contributed by atoms with E-state index in [0.717, 1.165) is 16.7 Å². The lowest BCUT2D eigenvalue weighted by molar-refractivity contribution is -0.155. The van der Waals surface area contributed by atoms with Crippen LogP contribution in [0.15, 0.2) is 91.0 Å². The number of carboxylic acid groups (broad SMARTS) is 1. The molecule has 0 aromatic heterocycles. The zero-order valence-electron chi connectivity index (χ0n) is 22.3. The van der Waals surface area contributed by atoms with Gasteiger partial charge in [0.05, 0.1) is 17.3 Å². The van der Waals surface area contributed by atoms with Gasteiger partial charge in [0.1, 0.15) is 11.6 Å². The van der Waals surface area contributed by atoms with Crippen LogP contribution in [-0.4, -0.2) is 57.8 Å². The van der Waals surface area contributed by atoms with Crippen LogP contribution in [0, 0.1) is 0 Å². The summed E-state index contributed by atoms with van der Waals surface area (Å²) < 4.78 is 5.75. The lowest BCUT2D eigenvalue weighted by Crippen LogP contribution is -2.57. The van der Waals surface area contributed by atoms with E-state index in [0.29, 0.717) is 5.75 Å². The number of hydrogen-bond acceptors (Lipinski definition) is 6. The van der Waals surface area contributed by atoms with Crippen molar-refractivity contribution in [3.63, 3.8) is 0 Å². The van der Waals surface area contributed by atoms with E-state index in [1.807, 2.05) is 87.3 Å². The van der Waals surface area contributed by atoms with Crippen molar-refractivity contribution >= 4 is 23.7 Å². The number of carbonyl (C=O) groups is 2. The molecule has 0 saturated carbocycles. The fraction of sp³-hybridized carbons (Fsp3) is 0.355. The van der Waals surface area contributed by atoms with Crippen molar-refractivity contribution in [3.05, 3.63) is 108 Å². The Labute approximate surface area is 229 Å². The Balaban J connectivity index is 1.87. The molecular weight excluding hydrogens is 496 g/mol. The van der Waals surface area contributed by atoms with Crippen LogP contribution in [-0.2, 0) is 19.9 Å². The van der Waals surface area contributed by atoms with E-state index in [9.17, 15) is 14.7 Å². The van der Waals surface area contributed by atoms with Crippen molar-refractivity contribution in [2.75, 3.05) is 12.8 Å². The molecule has 3 atom stereocenters. The summed E-state index contributed by atoms with van der Waals surface area (Å²) in [6, 6.07) is 29.5. The fourth-order valence-electron chi connectivity index (χ4n) is 5.13. The van der Waals surface area contributed by atoms with Gasteiger partial charge >= 0.3 is 11.9 Å². The number of aliphatic carboxylic acids is 1. The van der Waals surface area contributed by atoms with Crippen LogP contribution in [0.25, 0.3) is 0 Å². The quantitative estimate of drug-likeness (QED) is 0.292. The molecular formula is C31H36N2O4S. The largest absolute Gasteiger partial charge is 0.480 e. The van der Waals surface area contributed by atoms with Crippen LogP contribution in [0.5, 0.6) is 0 Å². The SMILES string of the molecule is CN1[C@H](C(=O)O)CS[C@H]1[C@H](CC(=O)OC(C)(C)C)NC(c1ccccc1)(c1ccccc1)c1ccccc1. The Morgan fingerprint density at radius 3 is 1.74 bits per heavy atom. The molecule has 4 rings (SSSR count). The summed E-state index contributed by atoms with van der Waals surface area (Å²) in [5, 5.41) is 13.5.